The third-order valence-corrected chi connectivity index (χ3v) is 3.22. The molecular formula is C10H17ClN2O3. The van der Waals surface area contributed by atoms with Crippen molar-refractivity contribution in [2.45, 2.75) is 25.8 Å². The van der Waals surface area contributed by atoms with Crippen molar-refractivity contribution in [1.29, 1.82) is 0 Å². The van der Waals surface area contributed by atoms with Crippen molar-refractivity contribution in [2.24, 2.45) is 11.1 Å². The number of carbonyl (C=O) groups excluding carboxylic acids is 1. The van der Waals surface area contributed by atoms with E-state index in [4.69, 9.17) is 9.94 Å². The highest BCUT2D eigenvalue weighted by molar-refractivity contribution is 6.08. The average molecular weight is 249 g/mol. The Kier molecular flexibility index (Phi) is 4.56. The lowest BCUT2D eigenvalue weighted by molar-refractivity contribution is -0.148. The van der Waals surface area contributed by atoms with Gasteiger partial charge >= 0.3 is 5.97 Å². The summed E-state index contributed by atoms with van der Waals surface area (Å²) in [6.45, 7) is 3.94. The predicted molar refractivity (Wildman–Crippen MR) is 61.2 cm³/mol. The fourth-order valence-corrected chi connectivity index (χ4v) is 2.49. The molecule has 0 amide bonds. The molecule has 3 heterocycles. The van der Waals surface area contributed by atoms with E-state index < -0.39 is 6.04 Å². The van der Waals surface area contributed by atoms with Crippen LogP contribution in [-0.2, 0) is 9.53 Å². The highest BCUT2D eigenvalue weighted by Gasteiger charge is 2.44. The highest BCUT2D eigenvalue weighted by Crippen LogP contribution is 2.30. The Morgan fingerprint density at radius 3 is 2.69 bits per heavy atom. The van der Waals surface area contributed by atoms with Crippen molar-refractivity contribution in [3.05, 3.63) is 0 Å². The molecule has 1 unspecified atom stereocenters. The van der Waals surface area contributed by atoms with Gasteiger partial charge in [0.2, 0.25) is 0 Å². The van der Waals surface area contributed by atoms with Gasteiger partial charge in [-0.15, -0.1) is 12.4 Å². The molecule has 3 saturated heterocycles. The summed E-state index contributed by atoms with van der Waals surface area (Å²) < 4.78 is 4.99. The molecule has 6 heteroatoms. The molecule has 0 radical (unpaired) electrons. The number of nitrogens with zero attached hydrogens (tertiary/aromatic N) is 2. The van der Waals surface area contributed by atoms with E-state index in [1.165, 1.54) is 0 Å². The van der Waals surface area contributed by atoms with Crippen molar-refractivity contribution >= 4 is 24.1 Å². The van der Waals surface area contributed by atoms with E-state index in [-0.39, 0.29) is 24.3 Å². The minimum absolute atomic E-state index is 0. The van der Waals surface area contributed by atoms with Crippen LogP contribution in [0.2, 0.25) is 0 Å². The number of carbonyl (C=O) groups is 1. The normalized spacial score (nSPS) is 34.6. The molecule has 92 valence electrons. The highest BCUT2D eigenvalue weighted by atomic mass is 35.5. The van der Waals surface area contributed by atoms with Gasteiger partial charge in [0.05, 0.1) is 12.3 Å². The van der Waals surface area contributed by atoms with Crippen LogP contribution in [0.3, 0.4) is 0 Å². The lowest BCUT2D eigenvalue weighted by Crippen LogP contribution is -2.59. The first-order valence-corrected chi connectivity index (χ1v) is 5.40. The molecule has 3 fully saturated rings. The SMILES string of the molecule is CCOC(=O)C1C(=NO)C2CCN1CC2.Cl. The van der Waals surface area contributed by atoms with Crippen LogP contribution < -0.4 is 0 Å². The largest absolute Gasteiger partial charge is 0.465 e. The summed E-state index contributed by atoms with van der Waals surface area (Å²) in [6.07, 6.45) is 1.96. The van der Waals surface area contributed by atoms with Gasteiger partial charge in [0.1, 0.15) is 0 Å². The molecule has 5 nitrogen and oxygen atoms in total. The second kappa shape index (κ2) is 5.50. The van der Waals surface area contributed by atoms with Gasteiger partial charge in [0.25, 0.3) is 0 Å². The van der Waals surface area contributed by atoms with Crippen LogP contribution in [0.1, 0.15) is 19.8 Å². The van der Waals surface area contributed by atoms with Gasteiger partial charge < -0.3 is 9.94 Å². The molecule has 0 spiro atoms. The van der Waals surface area contributed by atoms with Gasteiger partial charge in [0.15, 0.2) is 6.04 Å². The molecule has 0 saturated carbocycles. The minimum atomic E-state index is -0.442. The van der Waals surface area contributed by atoms with Gasteiger partial charge in [0, 0.05) is 5.92 Å². The predicted octanol–water partition coefficient (Wildman–Crippen LogP) is 0.896. The molecule has 16 heavy (non-hydrogen) atoms. The maximum absolute atomic E-state index is 11.7. The Balaban J connectivity index is 0.00000128. The Labute approximate surface area is 101 Å². The molecule has 0 aliphatic carbocycles. The van der Waals surface area contributed by atoms with Crippen LogP contribution in [0, 0.1) is 5.92 Å². The zero-order valence-electron chi connectivity index (χ0n) is 9.26. The molecule has 0 aromatic heterocycles. The lowest BCUT2D eigenvalue weighted by atomic mass is 9.81. The second-order valence-electron chi connectivity index (χ2n) is 3.99. The summed E-state index contributed by atoms with van der Waals surface area (Å²) in [5.74, 6) is -0.0240. The molecule has 3 rings (SSSR count). The van der Waals surface area contributed by atoms with E-state index in [1.807, 2.05) is 4.90 Å². The first-order valence-electron chi connectivity index (χ1n) is 5.40. The van der Waals surface area contributed by atoms with Crippen molar-refractivity contribution in [2.75, 3.05) is 19.7 Å². The van der Waals surface area contributed by atoms with Gasteiger partial charge in [-0.05, 0) is 32.9 Å². The quantitative estimate of drug-likeness (QED) is 0.448. The maximum Gasteiger partial charge on any atom is 0.329 e. The molecule has 3 aliphatic heterocycles. The van der Waals surface area contributed by atoms with Crippen molar-refractivity contribution < 1.29 is 14.7 Å². The molecule has 0 aromatic carbocycles. The molecule has 0 aromatic rings. The molecule has 2 bridgehead atoms. The number of ether oxygens (including phenoxy) is 1. The summed E-state index contributed by atoms with van der Waals surface area (Å²) in [4.78, 5) is 13.7. The van der Waals surface area contributed by atoms with E-state index in [0.29, 0.717) is 12.3 Å². The number of halogens is 1. The molecular weight excluding hydrogens is 232 g/mol. The Morgan fingerprint density at radius 1 is 1.56 bits per heavy atom. The first-order chi connectivity index (χ1) is 7.27. The lowest BCUT2D eigenvalue weighted by Gasteiger charge is -2.44. The zero-order valence-corrected chi connectivity index (χ0v) is 10.1. The van der Waals surface area contributed by atoms with Crippen LogP contribution in [0.5, 0.6) is 0 Å². The number of piperidine rings is 3. The van der Waals surface area contributed by atoms with Crippen molar-refractivity contribution in [1.82, 2.24) is 4.90 Å². The van der Waals surface area contributed by atoms with E-state index in [0.717, 1.165) is 25.9 Å². The van der Waals surface area contributed by atoms with Crippen LogP contribution in [0.4, 0.5) is 0 Å². The fraction of sp³-hybridized carbons (Fsp3) is 0.800. The van der Waals surface area contributed by atoms with Crippen molar-refractivity contribution in [3.63, 3.8) is 0 Å². The average Bonchev–Trinajstić information content (AvgIpc) is 2.29. The summed E-state index contributed by atoms with van der Waals surface area (Å²) in [5, 5.41) is 12.2. The number of hydrogen-bond donors (Lipinski definition) is 1. The van der Waals surface area contributed by atoms with Crippen LogP contribution in [-0.4, -0.2) is 47.5 Å². The summed E-state index contributed by atoms with van der Waals surface area (Å²) in [6, 6.07) is -0.442. The minimum Gasteiger partial charge on any atom is -0.465 e. The standard InChI is InChI=1S/C10H16N2O3.ClH/c1-2-15-10(13)9-8(11-14)7-3-5-12(9)6-4-7;/h7,9,14H,2-6H2,1H3;1H. The fourth-order valence-electron chi connectivity index (χ4n) is 2.49. The maximum atomic E-state index is 11.7. The van der Waals surface area contributed by atoms with Crippen molar-refractivity contribution in [3.8, 4) is 0 Å². The number of esters is 1. The number of fused-ring (bicyclic) bond motifs is 3. The van der Waals surface area contributed by atoms with E-state index in [1.54, 1.807) is 6.92 Å². The van der Waals surface area contributed by atoms with Gasteiger partial charge in [-0.3, -0.25) is 4.90 Å². The van der Waals surface area contributed by atoms with Crippen LogP contribution >= 0.6 is 12.4 Å². The summed E-state index contributed by atoms with van der Waals surface area (Å²) in [5.41, 5.74) is 0.589. The molecule has 1 atom stereocenters. The summed E-state index contributed by atoms with van der Waals surface area (Å²) in [7, 11) is 0. The van der Waals surface area contributed by atoms with Gasteiger partial charge in [-0.1, -0.05) is 5.16 Å². The Hall–Kier alpha value is -0.810. The van der Waals surface area contributed by atoms with Crippen LogP contribution in [0.15, 0.2) is 5.16 Å². The first kappa shape index (κ1) is 13.3. The van der Waals surface area contributed by atoms with E-state index >= 15 is 0 Å². The summed E-state index contributed by atoms with van der Waals surface area (Å²) >= 11 is 0. The monoisotopic (exact) mass is 248 g/mol. The van der Waals surface area contributed by atoms with Crippen LogP contribution in [0.25, 0.3) is 0 Å². The Morgan fingerprint density at radius 2 is 2.19 bits per heavy atom. The van der Waals surface area contributed by atoms with E-state index in [2.05, 4.69) is 5.16 Å². The number of rotatable bonds is 2. The smallest absolute Gasteiger partial charge is 0.329 e. The Bertz CT molecular complexity index is 288. The van der Waals surface area contributed by atoms with Gasteiger partial charge in [-0.25, -0.2) is 4.79 Å². The molecule has 1 N–H and O–H groups in total. The van der Waals surface area contributed by atoms with Gasteiger partial charge in [-0.2, -0.15) is 0 Å². The number of oxime groups is 1. The number of hydrogen-bond acceptors (Lipinski definition) is 5. The topological polar surface area (TPSA) is 62.1 Å². The zero-order chi connectivity index (χ0) is 10.8. The second-order valence-corrected chi connectivity index (χ2v) is 3.99. The third-order valence-electron chi connectivity index (χ3n) is 3.22. The third kappa shape index (κ3) is 2.15. The molecule has 3 aliphatic rings. The van der Waals surface area contributed by atoms with E-state index in [9.17, 15) is 4.79 Å².